The van der Waals surface area contributed by atoms with Crippen molar-refractivity contribution in [3.8, 4) is 0 Å². The molecule has 1 saturated heterocycles. The summed E-state index contributed by atoms with van der Waals surface area (Å²) in [5, 5.41) is 4.92. The quantitative estimate of drug-likeness (QED) is 0.491. The highest BCUT2D eigenvalue weighted by Gasteiger charge is 2.28. The van der Waals surface area contributed by atoms with Gasteiger partial charge in [0, 0.05) is 25.4 Å². The Hall–Kier alpha value is -2.17. The van der Waals surface area contributed by atoms with Crippen molar-refractivity contribution in [2.24, 2.45) is 0 Å². The molecule has 0 aliphatic carbocycles. The van der Waals surface area contributed by atoms with Gasteiger partial charge in [-0.25, -0.2) is 8.42 Å². The van der Waals surface area contributed by atoms with E-state index >= 15 is 0 Å². The van der Waals surface area contributed by atoms with Crippen molar-refractivity contribution < 1.29 is 27.5 Å². The molecule has 10 heteroatoms. The lowest BCUT2D eigenvalue weighted by atomic mass is 10.2. The zero-order chi connectivity index (χ0) is 19.9. The Balaban J connectivity index is 1.88. The first-order chi connectivity index (χ1) is 12.9. The first kappa shape index (κ1) is 21.1. The van der Waals surface area contributed by atoms with Crippen LogP contribution in [-0.2, 0) is 29.1 Å². The van der Waals surface area contributed by atoms with Crippen LogP contribution in [0.5, 0.6) is 0 Å². The number of anilines is 2. The van der Waals surface area contributed by atoms with Gasteiger partial charge in [-0.2, -0.15) is 0 Å². The third-order valence-electron chi connectivity index (χ3n) is 3.85. The van der Waals surface area contributed by atoms with Crippen LogP contribution in [0, 0.1) is 0 Å². The Morgan fingerprint density at radius 1 is 1.11 bits per heavy atom. The number of hydrogen-bond donors (Lipinski definition) is 2. The van der Waals surface area contributed by atoms with Crippen LogP contribution in [0.1, 0.15) is 20.3 Å². The molecule has 27 heavy (non-hydrogen) atoms. The molecule has 0 aromatic heterocycles. The summed E-state index contributed by atoms with van der Waals surface area (Å²) < 4.78 is 35.7. The number of benzene rings is 1. The van der Waals surface area contributed by atoms with E-state index in [9.17, 15) is 18.0 Å². The van der Waals surface area contributed by atoms with Gasteiger partial charge in [0.25, 0.3) is 0 Å². The second-order valence-electron chi connectivity index (χ2n) is 5.79. The van der Waals surface area contributed by atoms with Crippen molar-refractivity contribution in [3.05, 3.63) is 24.3 Å². The predicted molar refractivity (Wildman–Crippen MR) is 101 cm³/mol. The number of nitrogens with zero attached hydrogens (tertiary/aromatic N) is 1. The molecular weight excluding hydrogens is 374 g/mol. The van der Waals surface area contributed by atoms with Gasteiger partial charge in [-0.3, -0.25) is 13.9 Å². The van der Waals surface area contributed by atoms with Crippen LogP contribution in [0.25, 0.3) is 0 Å². The second-order valence-corrected chi connectivity index (χ2v) is 7.81. The van der Waals surface area contributed by atoms with Crippen LogP contribution < -0.4 is 14.9 Å². The van der Waals surface area contributed by atoms with E-state index in [0.29, 0.717) is 37.6 Å². The highest BCUT2D eigenvalue weighted by Crippen LogP contribution is 2.25. The highest BCUT2D eigenvalue weighted by molar-refractivity contribution is 7.93. The molecule has 2 rings (SSSR count). The summed E-state index contributed by atoms with van der Waals surface area (Å²) in [7, 11) is -3.26. The zero-order valence-electron chi connectivity index (χ0n) is 15.4. The molecule has 1 aliphatic rings. The number of carbonyl (C=O) groups excluding carboxylic acids is 2. The number of sulfonamides is 1. The third kappa shape index (κ3) is 5.91. The van der Waals surface area contributed by atoms with Crippen molar-refractivity contribution in [2.75, 3.05) is 41.7 Å². The van der Waals surface area contributed by atoms with Gasteiger partial charge >= 0.3 is 11.8 Å². The molecule has 0 spiro atoms. The Labute approximate surface area is 159 Å². The number of amides is 2. The van der Waals surface area contributed by atoms with E-state index in [-0.39, 0.29) is 12.3 Å². The first-order valence-corrected chi connectivity index (χ1v) is 10.4. The first-order valence-electron chi connectivity index (χ1n) is 8.80. The minimum Gasteiger partial charge on any atom is -0.351 e. The molecule has 2 amide bonds. The van der Waals surface area contributed by atoms with E-state index < -0.39 is 28.1 Å². The average molecular weight is 399 g/mol. The Kier molecular flexibility index (Phi) is 7.57. The number of ether oxygens (including phenoxy) is 2. The van der Waals surface area contributed by atoms with Crippen molar-refractivity contribution in [2.45, 2.75) is 26.6 Å². The van der Waals surface area contributed by atoms with Gasteiger partial charge in [-0.15, -0.1) is 0 Å². The van der Waals surface area contributed by atoms with E-state index in [2.05, 4.69) is 10.6 Å². The molecule has 0 bridgehead atoms. The van der Waals surface area contributed by atoms with Crippen molar-refractivity contribution in [1.82, 2.24) is 5.32 Å². The second kappa shape index (κ2) is 9.67. The number of carbonyl (C=O) groups is 2. The number of nitrogens with one attached hydrogen (secondary N) is 2. The summed E-state index contributed by atoms with van der Waals surface area (Å²) in [6, 6.07) is 6.29. The minimum atomic E-state index is -3.26. The maximum atomic E-state index is 12.0. The van der Waals surface area contributed by atoms with Gasteiger partial charge in [-0.05, 0) is 44.5 Å². The van der Waals surface area contributed by atoms with Gasteiger partial charge in [0.05, 0.1) is 18.0 Å². The van der Waals surface area contributed by atoms with E-state index in [1.54, 1.807) is 38.1 Å². The van der Waals surface area contributed by atoms with Crippen molar-refractivity contribution in [3.63, 3.8) is 0 Å². The maximum absolute atomic E-state index is 12.0. The molecule has 1 aromatic carbocycles. The molecular formula is C17H25N3O6S. The molecule has 1 fully saturated rings. The Bertz CT molecular complexity index is 744. The van der Waals surface area contributed by atoms with Crippen LogP contribution in [-0.4, -0.2) is 58.6 Å². The molecule has 150 valence electrons. The lowest BCUT2D eigenvalue weighted by molar-refractivity contribution is -0.145. The molecule has 0 atom stereocenters. The summed E-state index contributed by atoms with van der Waals surface area (Å²) in [6.45, 7) is 4.95. The maximum Gasteiger partial charge on any atom is 0.313 e. The Morgan fingerprint density at radius 3 is 2.26 bits per heavy atom. The third-order valence-corrected chi connectivity index (χ3v) is 5.72. The average Bonchev–Trinajstić information content (AvgIpc) is 2.99. The standard InChI is InChI=1S/C17H25N3O6S/c1-3-25-15(26-4-2)12-18-16(21)17(22)19-13-6-8-14(9-7-13)20-10-5-11-27(20,23)24/h6-9,15H,3-5,10-12H2,1-2H3,(H,18,21)(H,19,22). The van der Waals surface area contributed by atoms with Crippen LogP contribution >= 0.6 is 0 Å². The van der Waals surface area contributed by atoms with Gasteiger partial charge < -0.3 is 20.1 Å². The molecule has 1 aliphatic heterocycles. The molecule has 1 aromatic rings. The fraction of sp³-hybridized carbons (Fsp3) is 0.529. The zero-order valence-corrected chi connectivity index (χ0v) is 16.3. The molecule has 1 heterocycles. The monoisotopic (exact) mass is 399 g/mol. The van der Waals surface area contributed by atoms with Gasteiger partial charge in [0.1, 0.15) is 0 Å². The fourth-order valence-corrected chi connectivity index (χ4v) is 4.19. The van der Waals surface area contributed by atoms with Crippen molar-refractivity contribution >= 4 is 33.2 Å². The van der Waals surface area contributed by atoms with Crippen LogP contribution in [0.15, 0.2) is 24.3 Å². The molecule has 2 N–H and O–H groups in total. The molecule has 0 unspecified atom stereocenters. The van der Waals surface area contributed by atoms with Crippen LogP contribution in [0.2, 0.25) is 0 Å². The SMILES string of the molecule is CCOC(CNC(=O)C(=O)Nc1ccc(N2CCCS2(=O)=O)cc1)OCC. The van der Waals surface area contributed by atoms with E-state index in [1.807, 2.05) is 0 Å². The molecule has 9 nitrogen and oxygen atoms in total. The smallest absolute Gasteiger partial charge is 0.313 e. The fourth-order valence-electron chi connectivity index (χ4n) is 2.62. The summed E-state index contributed by atoms with van der Waals surface area (Å²) >= 11 is 0. The molecule has 0 saturated carbocycles. The topological polar surface area (TPSA) is 114 Å². The summed E-state index contributed by atoms with van der Waals surface area (Å²) in [5.74, 6) is -1.51. The number of hydrogen-bond acceptors (Lipinski definition) is 6. The summed E-state index contributed by atoms with van der Waals surface area (Å²) in [5.41, 5.74) is 0.924. The van der Waals surface area contributed by atoms with Gasteiger partial charge in [-0.1, -0.05) is 0 Å². The summed E-state index contributed by atoms with van der Waals surface area (Å²) in [6.07, 6.45) is -0.0238. The molecule has 0 radical (unpaired) electrons. The summed E-state index contributed by atoms with van der Waals surface area (Å²) in [4.78, 5) is 23.9. The largest absolute Gasteiger partial charge is 0.351 e. The lowest BCUT2D eigenvalue weighted by Crippen LogP contribution is -2.41. The van der Waals surface area contributed by atoms with Gasteiger partial charge in [0.15, 0.2) is 6.29 Å². The van der Waals surface area contributed by atoms with E-state index in [4.69, 9.17) is 9.47 Å². The van der Waals surface area contributed by atoms with Crippen molar-refractivity contribution in [1.29, 1.82) is 0 Å². The highest BCUT2D eigenvalue weighted by atomic mass is 32.2. The van der Waals surface area contributed by atoms with Gasteiger partial charge in [0.2, 0.25) is 10.0 Å². The minimum absolute atomic E-state index is 0.0552. The van der Waals surface area contributed by atoms with E-state index in [0.717, 1.165) is 0 Å². The predicted octanol–water partition coefficient (Wildman–Crippen LogP) is 0.680. The lowest BCUT2D eigenvalue weighted by Gasteiger charge is -2.18. The van der Waals surface area contributed by atoms with E-state index in [1.165, 1.54) is 4.31 Å². The van der Waals surface area contributed by atoms with Crippen LogP contribution in [0.4, 0.5) is 11.4 Å². The van der Waals surface area contributed by atoms with Crippen LogP contribution in [0.3, 0.4) is 0 Å². The number of rotatable bonds is 8. The Morgan fingerprint density at radius 2 is 1.74 bits per heavy atom. The normalized spacial score (nSPS) is 15.7.